The highest BCUT2D eigenvalue weighted by atomic mass is 16.5. The molecule has 0 aromatic heterocycles. The summed E-state index contributed by atoms with van der Waals surface area (Å²) in [5.41, 5.74) is 10.4. The van der Waals surface area contributed by atoms with Gasteiger partial charge >= 0.3 is 12.1 Å². The maximum Gasteiger partial charge on any atom is 0.407 e. The molecule has 5 rings (SSSR count). The summed E-state index contributed by atoms with van der Waals surface area (Å²) in [5, 5.41) is 24.9. The Morgan fingerprint density at radius 1 is 0.915 bits per heavy atom. The number of hydrogen-bond donors (Lipinski definition) is 6. The highest BCUT2D eigenvalue weighted by Gasteiger charge is 2.39. The summed E-state index contributed by atoms with van der Waals surface area (Å²) in [6, 6.07) is 22.2. The van der Waals surface area contributed by atoms with Crippen LogP contribution >= 0.6 is 0 Å². The van der Waals surface area contributed by atoms with E-state index in [1.165, 1.54) is 4.90 Å². The van der Waals surface area contributed by atoms with Crippen molar-refractivity contribution in [3.63, 3.8) is 0 Å². The van der Waals surface area contributed by atoms with Gasteiger partial charge in [0.25, 0.3) is 0 Å². The number of hydrogen-bond acceptors (Lipinski definition) is 6. The van der Waals surface area contributed by atoms with Crippen LogP contribution in [0.4, 0.5) is 4.79 Å². The largest absolute Gasteiger partial charge is 0.480 e. The molecule has 0 saturated carbocycles. The van der Waals surface area contributed by atoms with E-state index < -0.39 is 42.0 Å². The van der Waals surface area contributed by atoms with Gasteiger partial charge in [-0.2, -0.15) is 0 Å². The summed E-state index contributed by atoms with van der Waals surface area (Å²) in [4.78, 5) is 53.9. The van der Waals surface area contributed by atoms with Crippen molar-refractivity contribution in [2.45, 2.75) is 56.1 Å². The smallest absolute Gasteiger partial charge is 0.407 e. The summed E-state index contributed by atoms with van der Waals surface area (Å²) in [6.45, 7) is 0.653. The van der Waals surface area contributed by atoms with E-state index in [9.17, 15) is 24.3 Å². The van der Waals surface area contributed by atoms with E-state index in [4.69, 9.17) is 15.9 Å². The Balaban J connectivity index is 1.26. The first kappa shape index (κ1) is 33.0. The van der Waals surface area contributed by atoms with Gasteiger partial charge in [-0.1, -0.05) is 78.9 Å². The van der Waals surface area contributed by atoms with Crippen LogP contribution in [0.1, 0.15) is 48.3 Å². The molecule has 3 aromatic rings. The van der Waals surface area contributed by atoms with Crippen molar-refractivity contribution in [2.24, 2.45) is 5.73 Å². The van der Waals surface area contributed by atoms with Gasteiger partial charge in [-0.15, -0.1) is 0 Å². The highest BCUT2D eigenvalue weighted by molar-refractivity contribution is 5.93. The number of carbonyl (C=O) groups is 4. The van der Waals surface area contributed by atoms with E-state index in [1.54, 1.807) is 0 Å². The van der Waals surface area contributed by atoms with Crippen molar-refractivity contribution in [3.8, 4) is 11.1 Å². The highest BCUT2D eigenvalue weighted by Crippen LogP contribution is 2.44. The quantitative estimate of drug-likeness (QED) is 0.0935. The molecule has 3 amide bonds. The lowest BCUT2D eigenvalue weighted by molar-refractivity contribution is -0.144. The Bertz CT molecular complexity index is 1570. The molecule has 1 aliphatic carbocycles. The van der Waals surface area contributed by atoms with Crippen molar-refractivity contribution in [2.75, 3.05) is 19.7 Å². The predicted octanol–water partition coefficient (Wildman–Crippen LogP) is 2.96. The fourth-order valence-electron chi connectivity index (χ4n) is 6.39. The molecule has 0 radical (unpaired) electrons. The molecule has 2 aliphatic rings. The molecular weight excluding hydrogens is 600 g/mol. The number of alkyl carbamates (subject to hydrolysis) is 1. The number of ether oxygens (including phenoxy) is 1. The first-order valence-electron chi connectivity index (χ1n) is 15.8. The van der Waals surface area contributed by atoms with E-state index in [-0.39, 0.29) is 44.4 Å². The second-order valence-electron chi connectivity index (χ2n) is 11.8. The van der Waals surface area contributed by atoms with Gasteiger partial charge < -0.3 is 36.4 Å². The fraction of sp³-hybridized carbons (Fsp3) is 0.343. The van der Waals surface area contributed by atoms with Crippen molar-refractivity contribution in [3.05, 3.63) is 95.6 Å². The van der Waals surface area contributed by atoms with Crippen LogP contribution in [0.2, 0.25) is 0 Å². The van der Waals surface area contributed by atoms with Gasteiger partial charge in [-0.3, -0.25) is 15.0 Å². The summed E-state index contributed by atoms with van der Waals surface area (Å²) >= 11 is 0. The zero-order chi connectivity index (χ0) is 33.3. The lowest BCUT2D eigenvalue weighted by Gasteiger charge is -2.29. The number of rotatable bonds is 13. The molecule has 47 heavy (non-hydrogen) atoms. The first-order chi connectivity index (χ1) is 22.7. The van der Waals surface area contributed by atoms with E-state index in [2.05, 4.69) is 28.1 Å². The predicted molar refractivity (Wildman–Crippen MR) is 176 cm³/mol. The van der Waals surface area contributed by atoms with Crippen molar-refractivity contribution in [1.29, 1.82) is 5.41 Å². The number of nitrogens with zero attached hydrogens (tertiary/aromatic N) is 1. The molecule has 0 bridgehead atoms. The molecule has 3 atom stereocenters. The minimum absolute atomic E-state index is 0.0827. The summed E-state index contributed by atoms with van der Waals surface area (Å²) in [7, 11) is 0. The summed E-state index contributed by atoms with van der Waals surface area (Å²) in [5.74, 6) is -2.59. The lowest BCUT2D eigenvalue weighted by Crippen LogP contribution is -2.56. The molecular formula is C35H40N6O6. The number of carboxylic acids is 1. The van der Waals surface area contributed by atoms with Gasteiger partial charge in [0.05, 0.1) is 0 Å². The van der Waals surface area contributed by atoms with Crippen molar-refractivity contribution >= 4 is 29.8 Å². The van der Waals surface area contributed by atoms with Gasteiger partial charge in [0.15, 0.2) is 5.96 Å². The number of fused-ring (bicyclic) bond motifs is 3. The van der Waals surface area contributed by atoms with Gasteiger partial charge in [0.2, 0.25) is 11.8 Å². The lowest BCUT2D eigenvalue weighted by atomic mass is 9.98. The third kappa shape index (κ3) is 8.07. The topological polar surface area (TPSA) is 187 Å². The second kappa shape index (κ2) is 15.3. The number of aliphatic carboxylic acids is 1. The normalized spacial score (nSPS) is 16.3. The number of carbonyl (C=O) groups excluding carboxylic acids is 3. The van der Waals surface area contributed by atoms with Crippen LogP contribution in [-0.2, 0) is 25.5 Å². The van der Waals surface area contributed by atoms with Crippen molar-refractivity contribution < 1.29 is 29.0 Å². The number of likely N-dealkylation sites (tertiary alicyclic amines) is 1. The van der Waals surface area contributed by atoms with E-state index in [1.807, 2.05) is 66.7 Å². The SMILES string of the molecule is N=C(N)NCCC[C@H](NC(=O)[C@@H]1CCCN1C(=O)[C@@H](Cc1ccccc1)NC(=O)OCC1c2ccccc2-c2ccccc21)C(=O)O. The Morgan fingerprint density at radius 2 is 1.55 bits per heavy atom. The molecule has 1 saturated heterocycles. The second-order valence-corrected chi connectivity index (χ2v) is 11.8. The molecule has 12 heteroatoms. The molecule has 7 N–H and O–H groups in total. The molecule has 3 aromatic carbocycles. The monoisotopic (exact) mass is 640 g/mol. The number of carboxylic acid groups (broad SMARTS) is 1. The Labute approximate surface area is 273 Å². The minimum Gasteiger partial charge on any atom is -0.480 e. The van der Waals surface area contributed by atoms with Crippen LogP contribution in [0.25, 0.3) is 11.1 Å². The number of amides is 3. The molecule has 0 spiro atoms. The van der Waals surface area contributed by atoms with E-state index >= 15 is 0 Å². The molecule has 1 aliphatic heterocycles. The third-order valence-corrected chi connectivity index (χ3v) is 8.65. The zero-order valence-corrected chi connectivity index (χ0v) is 26.0. The summed E-state index contributed by atoms with van der Waals surface area (Å²) in [6.07, 6.45) is 0.808. The number of guanidine groups is 1. The minimum atomic E-state index is -1.20. The van der Waals surface area contributed by atoms with E-state index in [0.717, 1.165) is 27.8 Å². The van der Waals surface area contributed by atoms with Crippen LogP contribution < -0.4 is 21.7 Å². The average Bonchev–Trinajstić information content (AvgIpc) is 3.68. The molecule has 246 valence electrons. The molecule has 1 heterocycles. The number of nitrogens with one attached hydrogen (secondary N) is 4. The van der Waals surface area contributed by atoms with Crippen LogP contribution in [0.3, 0.4) is 0 Å². The Morgan fingerprint density at radius 3 is 2.19 bits per heavy atom. The van der Waals surface area contributed by atoms with Crippen LogP contribution in [0.5, 0.6) is 0 Å². The van der Waals surface area contributed by atoms with Crippen LogP contribution in [0, 0.1) is 5.41 Å². The zero-order valence-electron chi connectivity index (χ0n) is 26.0. The first-order valence-corrected chi connectivity index (χ1v) is 15.8. The maximum absolute atomic E-state index is 14.0. The molecule has 0 unspecified atom stereocenters. The molecule has 1 fully saturated rings. The van der Waals surface area contributed by atoms with Gasteiger partial charge in [0, 0.05) is 25.4 Å². The van der Waals surface area contributed by atoms with Crippen molar-refractivity contribution in [1.82, 2.24) is 20.9 Å². The van der Waals surface area contributed by atoms with Gasteiger partial charge in [-0.05, 0) is 53.5 Å². The van der Waals surface area contributed by atoms with Gasteiger partial charge in [0.1, 0.15) is 24.7 Å². The molecule has 12 nitrogen and oxygen atoms in total. The average molecular weight is 641 g/mol. The standard InChI is InChI=1S/C35H40N6O6/c36-34(37)38-18-8-16-28(33(44)45)39-31(42)30-17-9-19-41(30)32(43)29(20-22-10-2-1-3-11-22)40-35(46)47-21-27-25-14-6-4-12-23(25)24-13-5-7-15-26(24)27/h1-7,10-15,27-30H,8-9,16-21H2,(H,39,42)(H,40,46)(H,44,45)(H4,36,37,38)/t28-,29+,30-/m0/s1. The van der Waals surface area contributed by atoms with Crippen LogP contribution in [-0.4, -0.2) is 77.7 Å². The van der Waals surface area contributed by atoms with E-state index in [0.29, 0.717) is 19.3 Å². The maximum atomic E-state index is 14.0. The third-order valence-electron chi connectivity index (χ3n) is 8.65. The van der Waals surface area contributed by atoms with Gasteiger partial charge in [-0.25, -0.2) is 9.59 Å². The summed E-state index contributed by atoms with van der Waals surface area (Å²) < 4.78 is 5.74. The Hall–Kier alpha value is -5.39. The van der Waals surface area contributed by atoms with Crippen LogP contribution in [0.15, 0.2) is 78.9 Å². The number of nitrogens with two attached hydrogens (primary N) is 1. The Kier molecular flexibility index (Phi) is 10.7. The number of benzene rings is 3. The fourth-order valence-corrected chi connectivity index (χ4v) is 6.39.